The normalized spacial score (nSPS) is 11.5. The number of carbonyl (C=O) groups is 10. The molecule has 0 saturated carbocycles. The number of hydrogen-bond donors (Lipinski definition) is 9. The van der Waals surface area contributed by atoms with Gasteiger partial charge in [0.2, 0.25) is 17.7 Å². The van der Waals surface area contributed by atoms with Crippen LogP contribution in [0.15, 0.2) is 237 Å². The Morgan fingerprint density at radius 2 is 0.713 bits per heavy atom. The molecule has 3 heterocycles. The molecule has 720 valence electrons. The summed E-state index contributed by atoms with van der Waals surface area (Å²) < 4.78 is 34.7. The fourth-order valence-electron chi connectivity index (χ4n) is 12.9. The molecule has 34 heteroatoms. The molecule has 0 bridgehead atoms. The van der Waals surface area contributed by atoms with Gasteiger partial charge in [0.15, 0.2) is 0 Å². The molecule has 0 aliphatic carbocycles. The van der Waals surface area contributed by atoms with E-state index in [2.05, 4.69) is 47.0 Å². The summed E-state index contributed by atoms with van der Waals surface area (Å²) in [5, 5.41) is 47.4. The van der Waals surface area contributed by atoms with Gasteiger partial charge in [-0.05, 0) is 266 Å². The van der Waals surface area contributed by atoms with E-state index in [-0.39, 0.29) is 73.3 Å². The van der Waals surface area contributed by atoms with Gasteiger partial charge in [-0.3, -0.25) is 19.5 Å². The van der Waals surface area contributed by atoms with Gasteiger partial charge in [0.1, 0.15) is 39.7 Å². The second-order valence-electron chi connectivity index (χ2n) is 35.0. The molecule has 3 atom stereocenters. The van der Waals surface area contributed by atoms with Crippen LogP contribution >= 0.6 is 48.0 Å². The third kappa shape index (κ3) is 35.7. The quantitative estimate of drug-likeness (QED) is 0.0132. The van der Waals surface area contributed by atoms with Crippen LogP contribution in [0.3, 0.4) is 0 Å². The second kappa shape index (κ2) is 50.8. The molecule has 3 aromatic heterocycles. The molecule has 12 aromatic rings. The van der Waals surface area contributed by atoms with E-state index in [1.54, 1.807) is 261 Å². The number of halogens is 4. The number of alkyl carbamates (subject to hydrolysis) is 2. The topological polar surface area (TPSA) is 417 Å². The van der Waals surface area contributed by atoms with Gasteiger partial charge in [0, 0.05) is 72.0 Å². The summed E-state index contributed by atoms with van der Waals surface area (Å²) in [6.07, 6.45) is 7.35. The van der Waals surface area contributed by atoms with Crippen molar-refractivity contribution < 1.29 is 86.6 Å². The van der Waals surface area contributed by atoms with Gasteiger partial charge in [-0.2, -0.15) is 24.7 Å². The lowest BCUT2D eigenvalue weighted by molar-refractivity contribution is -0.118. The molecule has 0 aliphatic rings. The van der Waals surface area contributed by atoms with Gasteiger partial charge >= 0.3 is 42.3 Å². The SMILES string of the molecule is CC(C)(C)OC(=O)NCC(C(=O)Nc1ccc(-c2cnn(C(=O)OC(C)(C)C)c2)cc1)c1ccc(O)cc1.Cc1ccc(C(=O)O)c(C)c1.Cc1ccc(C(=O)Oc2ccc(C(CN)C(=O)Nc3ccc(-c4cn[nH]c4)cc3)cc2)c(C)c1.Cc1ccc(C(=O)Oc2ccc(C(CNC(=O)OC(C)(C)C)C(=O)Nc3ccc(-c4cnn(C(=O)OC(C)(C)C)c4)cc3)cc2)c(C)c1.Cl.Cl.ClCCl. The van der Waals surface area contributed by atoms with Gasteiger partial charge < -0.3 is 71.0 Å². The first kappa shape index (κ1) is 111. The molecule has 3 unspecified atom stereocenters. The molecule has 0 spiro atoms. The van der Waals surface area contributed by atoms with Crippen molar-refractivity contribution in [1.29, 1.82) is 0 Å². The summed E-state index contributed by atoms with van der Waals surface area (Å²) in [6.45, 7) is 32.7. The highest BCUT2D eigenvalue weighted by molar-refractivity contribution is 6.40. The average molecular weight is 1940 g/mol. The summed E-state index contributed by atoms with van der Waals surface area (Å²) in [4.78, 5) is 125. The number of nitrogens with one attached hydrogen (secondary N) is 6. The minimum Gasteiger partial charge on any atom is -0.508 e. The van der Waals surface area contributed by atoms with Gasteiger partial charge in [-0.1, -0.05) is 126 Å². The number of nitrogens with zero attached hydrogens (tertiary/aromatic N) is 5. The lowest BCUT2D eigenvalue weighted by atomic mass is 9.97. The number of amides is 5. The zero-order valence-corrected chi connectivity index (χ0v) is 82.0. The number of phenols is 1. The molecular weight excluding hydrogens is 1820 g/mol. The fourth-order valence-corrected chi connectivity index (χ4v) is 12.9. The molecule has 136 heavy (non-hydrogen) atoms. The Kier molecular flexibility index (Phi) is 41.3. The van der Waals surface area contributed by atoms with E-state index in [0.717, 1.165) is 70.6 Å². The number of benzene rings is 9. The van der Waals surface area contributed by atoms with Gasteiger partial charge in [-0.25, -0.2) is 33.6 Å². The van der Waals surface area contributed by atoms with Crippen molar-refractivity contribution in [3.63, 3.8) is 0 Å². The number of carboxylic acid groups (broad SMARTS) is 1. The van der Waals surface area contributed by atoms with Gasteiger partial charge in [0.25, 0.3) is 0 Å². The maximum absolute atomic E-state index is 13.6. The van der Waals surface area contributed by atoms with E-state index in [4.69, 9.17) is 62.5 Å². The number of hydrogen-bond acceptors (Lipinski definition) is 21. The van der Waals surface area contributed by atoms with Crippen LogP contribution in [0.4, 0.5) is 36.2 Å². The minimum atomic E-state index is -0.859. The maximum atomic E-state index is 13.6. The molecule has 0 radical (unpaired) electrons. The summed E-state index contributed by atoms with van der Waals surface area (Å²) >= 11 is 9.53. The zero-order valence-electron chi connectivity index (χ0n) is 78.9. The zero-order chi connectivity index (χ0) is 98.5. The number of carbonyl (C=O) groups excluding carboxylic acids is 9. The number of aryl methyl sites for hydroxylation is 6. The van der Waals surface area contributed by atoms with Crippen molar-refractivity contribution in [3.05, 3.63) is 304 Å². The number of phenolic OH excluding ortho intramolecular Hbond substituents is 1. The lowest BCUT2D eigenvalue weighted by Gasteiger charge is -2.22. The smallest absolute Gasteiger partial charge is 0.435 e. The molecule has 0 saturated heterocycles. The molecule has 10 N–H and O–H groups in total. The van der Waals surface area contributed by atoms with Crippen LogP contribution in [-0.2, 0) is 33.3 Å². The van der Waals surface area contributed by atoms with Crippen molar-refractivity contribution in [1.82, 2.24) is 40.4 Å². The Hall–Kier alpha value is -14.2. The number of nitrogens with two attached hydrogens (primary N) is 1. The van der Waals surface area contributed by atoms with Crippen molar-refractivity contribution in [2.24, 2.45) is 5.73 Å². The number of aromatic amines is 1. The third-order valence-corrected chi connectivity index (χ3v) is 19.3. The number of anilines is 3. The summed E-state index contributed by atoms with van der Waals surface area (Å²) in [6, 6.07) is 57.6. The maximum Gasteiger partial charge on any atom is 0.435 e. The molecule has 9 aromatic carbocycles. The predicted molar refractivity (Wildman–Crippen MR) is 531 cm³/mol. The standard InChI is InChI=1S/C37H42N4O7.C28H34N4O6.C27H26N4O3.C9H10O2.CH2Cl2.2ClH/c1-23-9-18-30(24(2)19-23)33(43)46-29-16-12-26(13-17-29)31(21-38-34(44)47-36(3,4)5)32(42)40-28-14-10-25(11-15-28)27-20-39-41(22-27)35(45)48-37(6,7)8;1-27(2,3)37-25(35)29-16-23(19-9-13-22(33)14-10-19)24(34)31-21-11-7-18(8-12-21)20-15-30-32(17-20)26(36)38-28(4,5)6;1-17-3-12-24(18(2)13-17)27(33)34-23-10-6-20(7-11-23)25(14-28)26(32)31-22-8-4-19(5-9-22)21-15-29-30-16-21;1-6-3-4-8(9(10)11)7(2)5-6;2-1-3;;/h9-20,22,31H,21H2,1-8H3,(H,38,44)(H,40,42);7-15,17,23,33H,16H2,1-6H3,(H,29,35)(H,31,34);3-13,15-16,25H,14,28H2,1-2H3,(H,29,30)(H,31,32);3-5H,1-2H3,(H,10,11);1H2;2*1H. The average Bonchev–Trinajstić information content (AvgIpc) is 1.28. The first-order valence-corrected chi connectivity index (χ1v) is 43.6. The highest BCUT2D eigenvalue weighted by Gasteiger charge is 2.29. The van der Waals surface area contributed by atoms with Crippen LogP contribution in [0.2, 0.25) is 0 Å². The van der Waals surface area contributed by atoms with E-state index in [1.165, 1.54) is 12.1 Å². The molecule has 12 rings (SSSR count). The highest BCUT2D eigenvalue weighted by atomic mass is 35.5. The molecule has 30 nitrogen and oxygen atoms in total. The van der Waals surface area contributed by atoms with E-state index in [1.807, 2.05) is 89.2 Å². The number of esters is 2. The number of carboxylic acids is 1. The largest absolute Gasteiger partial charge is 0.508 e. The van der Waals surface area contributed by atoms with Crippen LogP contribution in [0.1, 0.15) is 182 Å². The second-order valence-corrected chi connectivity index (χ2v) is 35.8. The lowest BCUT2D eigenvalue weighted by Crippen LogP contribution is -2.37. The molecule has 0 aliphatic heterocycles. The van der Waals surface area contributed by atoms with Crippen molar-refractivity contribution in [3.8, 4) is 50.6 Å². The summed E-state index contributed by atoms with van der Waals surface area (Å²) in [5.41, 5.74) is 18.9. The monoisotopic (exact) mass is 1940 g/mol. The van der Waals surface area contributed by atoms with E-state index < -0.39 is 82.4 Å². The number of rotatable bonds is 22. The molecular formula is C102H116Cl4N12O18. The van der Waals surface area contributed by atoms with Crippen molar-refractivity contribution in [2.45, 2.75) is 165 Å². The van der Waals surface area contributed by atoms with E-state index >= 15 is 0 Å². The van der Waals surface area contributed by atoms with E-state index in [9.17, 15) is 53.1 Å². The Balaban J connectivity index is 0.000000293. The van der Waals surface area contributed by atoms with Gasteiger partial charge in [-0.15, -0.1) is 48.0 Å². The predicted octanol–water partition coefficient (Wildman–Crippen LogP) is 21.6. The Morgan fingerprint density at radius 3 is 1.01 bits per heavy atom. The third-order valence-electron chi connectivity index (χ3n) is 19.3. The van der Waals surface area contributed by atoms with Gasteiger partial charge in [0.05, 0.1) is 58.4 Å². The Labute approximate surface area is 813 Å². The summed E-state index contributed by atoms with van der Waals surface area (Å²) in [5.74, 6) is -4.01. The number of aromatic nitrogens is 6. The van der Waals surface area contributed by atoms with E-state index in [0.29, 0.717) is 67.5 Å². The number of aromatic carboxylic acids is 1. The Bertz CT molecular complexity index is 6030. The fraction of sp³-hybridized carbons (Fsp3) is 0.284. The van der Waals surface area contributed by atoms with Crippen LogP contribution in [0.25, 0.3) is 33.4 Å². The Morgan fingerprint density at radius 1 is 0.404 bits per heavy atom. The van der Waals surface area contributed by atoms with Crippen molar-refractivity contribution >= 4 is 125 Å². The van der Waals surface area contributed by atoms with Crippen LogP contribution in [0.5, 0.6) is 17.2 Å². The van der Waals surface area contributed by atoms with Crippen LogP contribution in [-0.4, -0.2) is 147 Å². The number of ether oxygens (including phenoxy) is 6. The first-order chi connectivity index (χ1) is 63.1. The molecule has 5 amide bonds. The minimum absolute atomic E-state index is 0. The van der Waals surface area contributed by atoms with Crippen LogP contribution in [0, 0.1) is 41.5 Å². The molecule has 0 fully saturated rings. The van der Waals surface area contributed by atoms with Crippen molar-refractivity contribution in [2.75, 3.05) is 40.9 Å². The number of alkyl halides is 2. The van der Waals surface area contributed by atoms with Crippen LogP contribution < -0.4 is 41.8 Å². The highest BCUT2D eigenvalue weighted by Crippen LogP contribution is 2.31. The summed E-state index contributed by atoms with van der Waals surface area (Å²) in [7, 11) is 0. The first-order valence-electron chi connectivity index (χ1n) is 42.6. The number of aromatic hydroxyl groups is 1. The number of H-pyrrole nitrogens is 1.